The first-order valence-corrected chi connectivity index (χ1v) is 16.0. The van der Waals surface area contributed by atoms with Crippen molar-refractivity contribution in [1.82, 2.24) is 24.5 Å². The van der Waals surface area contributed by atoms with E-state index in [2.05, 4.69) is 35.1 Å². The van der Waals surface area contributed by atoms with Crippen molar-refractivity contribution in [3.8, 4) is 5.75 Å². The predicted octanol–water partition coefficient (Wildman–Crippen LogP) is 1.94. The summed E-state index contributed by atoms with van der Waals surface area (Å²) >= 11 is 0. The first-order valence-electron chi connectivity index (χ1n) is 14.4. The molecule has 5 rings (SSSR count). The van der Waals surface area contributed by atoms with E-state index in [0.29, 0.717) is 45.4 Å². The maximum Gasteiger partial charge on any atom is 0.387 e. The van der Waals surface area contributed by atoms with Crippen LogP contribution in [-0.2, 0) is 14.8 Å². The number of hydrogen-bond acceptors (Lipinski definition) is 10. The van der Waals surface area contributed by atoms with Crippen molar-refractivity contribution in [2.75, 3.05) is 73.2 Å². The summed E-state index contributed by atoms with van der Waals surface area (Å²) in [5, 5.41) is 5.46. The molecule has 16 heteroatoms. The van der Waals surface area contributed by atoms with Crippen molar-refractivity contribution >= 4 is 39.3 Å². The number of nitrogens with one attached hydrogen (secondary N) is 2. The highest BCUT2D eigenvalue weighted by atomic mass is 32.2. The number of carbonyl (C=O) groups is 2. The number of aromatic nitrogens is 2. The first-order chi connectivity index (χ1) is 20.7. The Balaban J connectivity index is 0.996. The average molecular weight is 623 g/mol. The van der Waals surface area contributed by atoms with Gasteiger partial charge in [-0.25, -0.2) is 27.5 Å². The van der Waals surface area contributed by atoms with E-state index in [1.54, 1.807) is 9.21 Å². The Hall–Kier alpha value is -3.63. The first kappa shape index (κ1) is 30.8. The summed E-state index contributed by atoms with van der Waals surface area (Å²) in [7, 11) is -3.37. The standard InChI is InChI=1S/C27H36F2N8O5S/c28-25(29)42-23-18-30-26(31-19-23)32-20-6-10-36(11-7-20)43(40,41)17-1-9-34-13-15-35(16-14-34)21-2-4-22(5-3-21)37-12-8-24(38)33-27(37)39/h2-5,18-20,25H,1,6-17H2,(H,30,31,32)(H,33,38,39). The van der Waals surface area contributed by atoms with Gasteiger partial charge >= 0.3 is 12.6 Å². The predicted molar refractivity (Wildman–Crippen MR) is 156 cm³/mol. The Labute approximate surface area is 249 Å². The van der Waals surface area contributed by atoms with Crippen LogP contribution in [0.1, 0.15) is 25.7 Å². The van der Waals surface area contributed by atoms with Gasteiger partial charge < -0.3 is 15.0 Å². The van der Waals surface area contributed by atoms with Crippen LogP contribution in [0.2, 0.25) is 0 Å². The molecule has 0 saturated carbocycles. The van der Waals surface area contributed by atoms with Crippen LogP contribution in [0.3, 0.4) is 0 Å². The van der Waals surface area contributed by atoms with Crippen molar-refractivity contribution in [3.05, 3.63) is 36.7 Å². The topological polar surface area (TPSA) is 140 Å². The lowest BCUT2D eigenvalue weighted by atomic mass is 10.1. The van der Waals surface area contributed by atoms with Gasteiger partial charge in [0.25, 0.3) is 0 Å². The maximum absolute atomic E-state index is 13.0. The number of piperidine rings is 1. The number of hydrogen-bond donors (Lipinski definition) is 2. The summed E-state index contributed by atoms with van der Waals surface area (Å²) in [4.78, 5) is 37.5. The number of ether oxygens (including phenoxy) is 1. The van der Waals surface area contributed by atoms with Crippen LogP contribution < -0.4 is 25.2 Å². The lowest BCUT2D eigenvalue weighted by Gasteiger charge is -2.36. The molecule has 0 radical (unpaired) electrons. The van der Waals surface area contributed by atoms with E-state index in [9.17, 15) is 26.8 Å². The molecule has 3 aliphatic heterocycles. The van der Waals surface area contributed by atoms with Gasteiger partial charge in [-0.05, 0) is 50.1 Å². The second kappa shape index (κ2) is 13.8. The Morgan fingerprint density at radius 2 is 1.60 bits per heavy atom. The number of rotatable bonds is 11. The molecule has 0 bridgehead atoms. The Kier molecular flexibility index (Phi) is 9.87. The fourth-order valence-corrected chi connectivity index (χ4v) is 7.02. The number of urea groups is 1. The van der Waals surface area contributed by atoms with E-state index in [1.807, 2.05) is 24.3 Å². The average Bonchev–Trinajstić information content (AvgIpc) is 2.99. The number of anilines is 3. The highest BCUT2D eigenvalue weighted by molar-refractivity contribution is 7.89. The summed E-state index contributed by atoms with van der Waals surface area (Å²) < 4.78 is 56.3. The molecule has 0 aliphatic carbocycles. The molecule has 4 heterocycles. The van der Waals surface area contributed by atoms with Gasteiger partial charge in [-0.2, -0.15) is 8.78 Å². The fraction of sp³-hybridized carbons (Fsp3) is 0.556. The van der Waals surface area contributed by atoms with Crippen LogP contribution in [0.25, 0.3) is 0 Å². The van der Waals surface area contributed by atoms with Crippen LogP contribution in [0, 0.1) is 0 Å². The molecule has 13 nitrogen and oxygen atoms in total. The smallest absolute Gasteiger partial charge is 0.387 e. The molecule has 3 amide bonds. The Bertz CT molecular complexity index is 1350. The number of halogens is 2. The van der Waals surface area contributed by atoms with E-state index in [-0.39, 0.29) is 35.8 Å². The van der Waals surface area contributed by atoms with E-state index < -0.39 is 22.7 Å². The van der Waals surface area contributed by atoms with E-state index in [1.165, 1.54) is 12.4 Å². The van der Waals surface area contributed by atoms with Gasteiger partial charge in [-0.15, -0.1) is 0 Å². The Morgan fingerprint density at radius 1 is 0.953 bits per heavy atom. The monoisotopic (exact) mass is 622 g/mol. The number of amides is 3. The molecule has 3 aliphatic rings. The third-order valence-electron chi connectivity index (χ3n) is 7.86. The molecule has 2 N–H and O–H groups in total. The van der Waals surface area contributed by atoms with Gasteiger partial charge in [0.1, 0.15) is 0 Å². The molecule has 3 saturated heterocycles. The van der Waals surface area contributed by atoms with Gasteiger partial charge in [-0.1, -0.05) is 0 Å². The third kappa shape index (κ3) is 8.26. The summed E-state index contributed by atoms with van der Waals surface area (Å²) in [6.07, 6.45) is 4.35. The van der Waals surface area contributed by atoms with Crippen LogP contribution in [0.15, 0.2) is 36.7 Å². The minimum Gasteiger partial charge on any atom is -0.432 e. The maximum atomic E-state index is 13.0. The number of sulfonamides is 1. The molecule has 1 aromatic heterocycles. The summed E-state index contributed by atoms with van der Waals surface area (Å²) in [5.74, 6) is -0.00550. The molecule has 1 aromatic carbocycles. The largest absolute Gasteiger partial charge is 0.432 e. The van der Waals surface area contributed by atoms with Gasteiger partial charge in [0.05, 0.1) is 18.1 Å². The number of imide groups is 1. The van der Waals surface area contributed by atoms with Gasteiger partial charge in [0, 0.05) is 69.7 Å². The number of piperazine rings is 1. The molecule has 0 spiro atoms. The number of alkyl halides is 2. The van der Waals surface area contributed by atoms with Crippen molar-refractivity contribution in [2.24, 2.45) is 0 Å². The molecular weight excluding hydrogens is 586 g/mol. The lowest BCUT2D eigenvalue weighted by Crippen LogP contribution is -2.49. The zero-order valence-electron chi connectivity index (χ0n) is 23.7. The normalized spacial score (nSPS) is 19.5. The zero-order chi connectivity index (χ0) is 30.4. The molecule has 2 aromatic rings. The minimum atomic E-state index is -3.37. The number of carbonyl (C=O) groups excluding carboxylic acids is 2. The molecule has 0 unspecified atom stereocenters. The van der Waals surface area contributed by atoms with Crippen LogP contribution in [0.4, 0.5) is 30.9 Å². The van der Waals surface area contributed by atoms with Crippen LogP contribution in [-0.4, -0.2) is 110 Å². The van der Waals surface area contributed by atoms with Crippen molar-refractivity contribution in [1.29, 1.82) is 0 Å². The fourth-order valence-electron chi connectivity index (χ4n) is 5.50. The highest BCUT2D eigenvalue weighted by Crippen LogP contribution is 2.24. The number of benzene rings is 1. The quantitative estimate of drug-likeness (QED) is 0.382. The van der Waals surface area contributed by atoms with Crippen LogP contribution >= 0.6 is 0 Å². The molecule has 43 heavy (non-hydrogen) atoms. The molecule has 3 fully saturated rings. The van der Waals surface area contributed by atoms with Crippen molar-refractivity contribution in [3.63, 3.8) is 0 Å². The van der Waals surface area contributed by atoms with Crippen molar-refractivity contribution < 1.29 is 31.5 Å². The lowest BCUT2D eigenvalue weighted by molar-refractivity contribution is -0.120. The molecular formula is C27H36F2N8O5S. The number of nitrogens with zero attached hydrogens (tertiary/aromatic N) is 6. The summed E-state index contributed by atoms with van der Waals surface area (Å²) in [5.41, 5.74) is 1.81. The van der Waals surface area contributed by atoms with E-state index in [0.717, 1.165) is 37.6 Å². The highest BCUT2D eigenvalue weighted by Gasteiger charge is 2.29. The van der Waals surface area contributed by atoms with E-state index >= 15 is 0 Å². The van der Waals surface area contributed by atoms with Gasteiger partial charge in [0.2, 0.25) is 21.9 Å². The summed E-state index contributed by atoms with van der Waals surface area (Å²) in [6.45, 7) is 2.20. The van der Waals surface area contributed by atoms with Gasteiger partial charge in [0.15, 0.2) is 5.75 Å². The van der Waals surface area contributed by atoms with Gasteiger partial charge in [-0.3, -0.25) is 19.9 Å². The molecule has 234 valence electrons. The second-order valence-electron chi connectivity index (χ2n) is 10.7. The van der Waals surface area contributed by atoms with Crippen molar-refractivity contribution in [2.45, 2.75) is 38.3 Å². The molecule has 0 atom stereocenters. The minimum absolute atomic E-state index is 0.0178. The van der Waals surface area contributed by atoms with Crippen LogP contribution in [0.5, 0.6) is 5.75 Å². The zero-order valence-corrected chi connectivity index (χ0v) is 24.5. The SMILES string of the molecule is O=C1CCN(c2ccc(N3CCN(CCCS(=O)(=O)N4CCC(Nc5ncc(OC(F)F)cn5)CC4)CC3)cc2)C(=O)N1. The third-order valence-corrected chi connectivity index (χ3v) is 9.82. The van der Waals surface area contributed by atoms with E-state index in [4.69, 9.17) is 0 Å². The summed E-state index contributed by atoms with van der Waals surface area (Å²) in [6, 6.07) is 7.32. The second-order valence-corrected chi connectivity index (χ2v) is 12.8. The Morgan fingerprint density at radius 3 is 2.23 bits per heavy atom.